The molecule has 6 nitrogen and oxygen atoms in total. The number of nitro groups is 1. The normalized spacial score (nSPS) is 17.2. The highest BCUT2D eigenvalue weighted by atomic mass is 19.1. The minimum absolute atomic E-state index is 0.0357. The van der Waals surface area contributed by atoms with Crippen LogP contribution in [0.1, 0.15) is 17.3 Å². The molecule has 0 radical (unpaired) electrons. The Labute approximate surface area is 102 Å². The SMILES string of the molecule is CC1(O)CN(C(=O)c2ccc([N+](=O)[O-])c(F)c2)C1. The standard InChI is InChI=1S/C11H11FN2O4/c1-11(16)5-13(6-11)10(15)7-2-3-9(14(17)18)8(12)4-7/h2-4,16H,5-6H2,1H3. The van der Waals surface area contributed by atoms with Crippen molar-refractivity contribution in [2.75, 3.05) is 13.1 Å². The number of benzene rings is 1. The van der Waals surface area contributed by atoms with Gasteiger partial charge in [-0.2, -0.15) is 4.39 Å². The maximum atomic E-state index is 13.3. The largest absolute Gasteiger partial charge is 0.386 e. The van der Waals surface area contributed by atoms with E-state index in [-0.39, 0.29) is 18.7 Å². The molecule has 0 atom stereocenters. The van der Waals surface area contributed by atoms with E-state index in [9.17, 15) is 24.4 Å². The van der Waals surface area contributed by atoms with Gasteiger partial charge in [-0.25, -0.2) is 0 Å². The Balaban J connectivity index is 2.18. The molecule has 96 valence electrons. The Morgan fingerprint density at radius 1 is 1.56 bits per heavy atom. The van der Waals surface area contributed by atoms with Gasteiger partial charge in [-0.3, -0.25) is 14.9 Å². The second-order valence-corrected chi connectivity index (χ2v) is 4.58. The number of hydrogen-bond acceptors (Lipinski definition) is 4. The van der Waals surface area contributed by atoms with Crippen molar-refractivity contribution in [2.24, 2.45) is 0 Å². The van der Waals surface area contributed by atoms with Crippen LogP contribution in [-0.2, 0) is 0 Å². The van der Waals surface area contributed by atoms with E-state index in [1.807, 2.05) is 0 Å². The summed E-state index contributed by atoms with van der Waals surface area (Å²) in [5.74, 6) is -1.49. The van der Waals surface area contributed by atoms with E-state index in [0.29, 0.717) is 0 Å². The average molecular weight is 254 g/mol. The summed E-state index contributed by atoms with van der Waals surface area (Å²) in [5.41, 5.74) is -1.54. The Bertz CT molecular complexity index is 522. The maximum absolute atomic E-state index is 13.3. The van der Waals surface area contributed by atoms with Gasteiger partial charge in [0.05, 0.1) is 23.6 Å². The molecule has 1 amide bonds. The molecule has 1 aliphatic heterocycles. The Morgan fingerprint density at radius 2 is 2.17 bits per heavy atom. The van der Waals surface area contributed by atoms with Crippen molar-refractivity contribution in [1.29, 1.82) is 0 Å². The van der Waals surface area contributed by atoms with Crippen LogP contribution in [-0.4, -0.2) is 39.5 Å². The van der Waals surface area contributed by atoms with E-state index in [1.54, 1.807) is 6.92 Å². The average Bonchev–Trinajstić information content (AvgIpc) is 2.24. The minimum atomic E-state index is -1.04. The summed E-state index contributed by atoms with van der Waals surface area (Å²) < 4.78 is 13.3. The fraction of sp³-hybridized carbons (Fsp3) is 0.364. The Hall–Kier alpha value is -2.02. The molecule has 0 aromatic heterocycles. The highest BCUT2D eigenvalue weighted by Gasteiger charge is 2.39. The zero-order valence-electron chi connectivity index (χ0n) is 9.59. The van der Waals surface area contributed by atoms with Gasteiger partial charge >= 0.3 is 5.69 Å². The summed E-state index contributed by atoms with van der Waals surface area (Å²) in [6, 6.07) is 3.00. The molecule has 2 rings (SSSR count). The van der Waals surface area contributed by atoms with Crippen LogP contribution in [0.5, 0.6) is 0 Å². The van der Waals surface area contributed by atoms with Gasteiger partial charge in [0.2, 0.25) is 5.82 Å². The molecule has 1 aromatic rings. The number of rotatable bonds is 2. The summed E-state index contributed by atoms with van der Waals surface area (Å²) >= 11 is 0. The first-order chi connectivity index (χ1) is 8.30. The molecule has 18 heavy (non-hydrogen) atoms. The van der Waals surface area contributed by atoms with E-state index in [4.69, 9.17) is 0 Å². The number of hydrogen-bond donors (Lipinski definition) is 1. The third-order valence-electron chi connectivity index (χ3n) is 2.74. The van der Waals surface area contributed by atoms with E-state index in [1.165, 1.54) is 11.0 Å². The molecule has 1 saturated heterocycles. The number of nitro benzene ring substituents is 1. The predicted octanol–water partition coefficient (Wildman–Crippen LogP) is 0.941. The number of nitrogens with zero attached hydrogens (tertiary/aromatic N) is 2. The van der Waals surface area contributed by atoms with Crippen molar-refractivity contribution in [3.8, 4) is 0 Å². The molecule has 1 heterocycles. The summed E-state index contributed by atoms with van der Waals surface area (Å²) in [7, 11) is 0. The van der Waals surface area contributed by atoms with E-state index < -0.39 is 27.9 Å². The van der Waals surface area contributed by atoms with E-state index >= 15 is 0 Å². The lowest BCUT2D eigenvalue weighted by atomic mass is 9.96. The molecule has 1 N–H and O–H groups in total. The molecule has 0 aliphatic carbocycles. The van der Waals surface area contributed by atoms with Gasteiger partial charge in [-0.15, -0.1) is 0 Å². The molecule has 1 aromatic carbocycles. The Morgan fingerprint density at radius 3 is 2.61 bits per heavy atom. The topological polar surface area (TPSA) is 83.7 Å². The fourth-order valence-electron chi connectivity index (χ4n) is 1.89. The Kier molecular flexibility index (Phi) is 2.78. The zero-order valence-corrected chi connectivity index (χ0v) is 9.59. The van der Waals surface area contributed by atoms with Gasteiger partial charge in [0.1, 0.15) is 0 Å². The van der Waals surface area contributed by atoms with Crippen LogP contribution in [0.4, 0.5) is 10.1 Å². The summed E-state index contributed by atoms with van der Waals surface area (Å²) in [4.78, 5) is 22.8. The second kappa shape index (κ2) is 4.02. The quantitative estimate of drug-likeness (QED) is 0.628. The third-order valence-corrected chi connectivity index (χ3v) is 2.74. The molecule has 0 saturated carbocycles. The van der Waals surface area contributed by atoms with Crippen molar-refractivity contribution in [1.82, 2.24) is 4.90 Å². The first-order valence-electron chi connectivity index (χ1n) is 5.26. The molecular formula is C11H11FN2O4. The molecule has 1 fully saturated rings. The number of amides is 1. The van der Waals surface area contributed by atoms with Crippen LogP contribution in [0, 0.1) is 15.9 Å². The lowest BCUT2D eigenvalue weighted by Gasteiger charge is -2.44. The van der Waals surface area contributed by atoms with Gasteiger partial charge in [0, 0.05) is 11.6 Å². The molecule has 0 spiro atoms. The number of likely N-dealkylation sites (tertiary alicyclic amines) is 1. The molecule has 1 aliphatic rings. The number of aliphatic hydroxyl groups is 1. The highest BCUT2D eigenvalue weighted by molar-refractivity contribution is 5.95. The van der Waals surface area contributed by atoms with Crippen molar-refractivity contribution in [2.45, 2.75) is 12.5 Å². The van der Waals surface area contributed by atoms with Crippen LogP contribution in [0.3, 0.4) is 0 Å². The van der Waals surface area contributed by atoms with Gasteiger partial charge in [0.25, 0.3) is 5.91 Å². The number of carbonyl (C=O) groups is 1. The molecule has 7 heteroatoms. The molecule has 0 unspecified atom stereocenters. The monoisotopic (exact) mass is 254 g/mol. The first kappa shape index (κ1) is 12.4. The van der Waals surface area contributed by atoms with Crippen molar-refractivity contribution in [3.63, 3.8) is 0 Å². The minimum Gasteiger partial charge on any atom is -0.386 e. The summed E-state index contributed by atoms with van der Waals surface area (Å²) in [6.45, 7) is 1.93. The zero-order chi connectivity index (χ0) is 13.5. The molecular weight excluding hydrogens is 243 g/mol. The van der Waals surface area contributed by atoms with Crippen molar-refractivity contribution >= 4 is 11.6 Å². The van der Waals surface area contributed by atoms with Gasteiger partial charge in [-0.05, 0) is 19.1 Å². The number of β-amino-alcohol motifs (C(OH)–C–C–N with tert-alkyl or cyclic N) is 1. The van der Waals surface area contributed by atoms with Crippen LogP contribution in [0.15, 0.2) is 18.2 Å². The van der Waals surface area contributed by atoms with Crippen LogP contribution in [0.2, 0.25) is 0 Å². The van der Waals surface area contributed by atoms with Gasteiger partial charge in [-0.1, -0.05) is 0 Å². The van der Waals surface area contributed by atoms with Crippen molar-refractivity contribution in [3.05, 3.63) is 39.7 Å². The van der Waals surface area contributed by atoms with Gasteiger partial charge < -0.3 is 10.0 Å². The lowest BCUT2D eigenvalue weighted by molar-refractivity contribution is -0.387. The smallest absolute Gasteiger partial charge is 0.304 e. The van der Waals surface area contributed by atoms with Crippen molar-refractivity contribution < 1.29 is 19.2 Å². The maximum Gasteiger partial charge on any atom is 0.304 e. The summed E-state index contributed by atoms with van der Waals surface area (Å²) in [6.07, 6.45) is 0. The second-order valence-electron chi connectivity index (χ2n) is 4.58. The van der Waals surface area contributed by atoms with E-state index in [0.717, 1.165) is 12.1 Å². The molecule has 0 bridgehead atoms. The first-order valence-corrected chi connectivity index (χ1v) is 5.26. The van der Waals surface area contributed by atoms with E-state index in [2.05, 4.69) is 0 Å². The predicted molar refractivity (Wildman–Crippen MR) is 59.6 cm³/mol. The fourth-order valence-corrected chi connectivity index (χ4v) is 1.89. The number of carbonyl (C=O) groups excluding carboxylic acids is 1. The third kappa shape index (κ3) is 2.17. The number of halogens is 1. The van der Waals surface area contributed by atoms with Crippen LogP contribution >= 0.6 is 0 Å². The van der Waals surface area contributed by atoms with Crippen LogP contribution < -0.4 is 0 Å². The van der Waals surface area contributed by atoms with Gasteiger partial charge in [0.15, 0.2) is 0 Å². The van der Waals surface area contributed by atoms with Crippen LogP contribution in [0.25, 0.3) is 0 Å². The highest BCUT2D eigenvalue weighted by Crippen LogP contribution is 2.24. The summed E-state index contributed by atoms with van der Waals surface area (Å²) in [5, 5.41) is 19.9. The lowest BCUT2D eigenvalue weighted by Crippen LogP contribution is -2.61.